The van der Waals surface area contributed by atoms with Gasteiger partial charge in [-0.25, -0.2) is 8.78 Å². The van der Waals surface area contributed by atoms with Crippen molar-refractivity contribution in [3.63, 3.8) is 0 Å². The van der Waals surface area contributed by atoms with Gasteiger partial charge in [-0.15, -0.1) is 0 Å². The molecule has 0 aliphatic heterocycles. The summed E-state index contributed by atoms with van der Waals surface area (Å²) in [7, 11) is 0. The fourth-order valence-corrected chi connectivity index (χ4v) is 2.79. The van der Waals surface area contributed by atoms with Crippen LogP contribution in [0.25, 0.3) is 6.08 Å². The average Bonchev–Trinajstić information content (AvgIpc) is 2.56. The van der Waals surface area contributed by atoms with Crippen LogP contribution in [-0.2, 0) is 19.3 Å². The fraction of sp³-hybridized carbons (Fsp3) is 0.364. The molecule has 0 unspecified atom stereocenters. The molecule has 0 atom stereocenters. The Bertz CT molecular complexity index is 669. The first-order valence-corrected chi connectivity index (χ1v) is 8.84. The predicted octanol–water partition coefficient (Wildman–Crippen LogP) is 6.67. The van der Waals surface area contributed by atoms with E-state index in [0.29, 0.717) is 24.0 Å². The van der Waals surface area contributed by atoms with Gasteiger partial charge in [0.05, 0.1) is 0 Å². The molecule has 0 aliphatic carbocycles. The van der Waals surface area contributed by atoms with E-state index in [0.717, 1.165) is 25.7 Å². The van der Waals surface area contributed by atoms with Gasteiger partial charge in [0.2, 0.25) is 0 Å². The van der Waals surface area contributed by atoms with Crippen molar-refractivity contribution in [2.75, 3.05) is 0 Å². The van der Waals surface area contributed by atoms with E-state index in [1.807, 2.05) is 6.92 Å². The van der Waals surface area contributed by atoms with Gasteiger partial charge in [0, 0.05) is 0 Å². The lowest BCUT2D eigenvalue weighted by atomic mass is 10.0. The molecule has 2 heteroatoms. The summed E-state index contributed by atoms with van der Waals surface area (Å²) in [6.07, 6.45) is 6.27. The van der Waals surface area contributed by atoms with Crippen molar-refractivity contribution in [2.24, 2.45) is 0 Å². The zero-order chi connectivity index (χ0) is 17.4. The highest BCUT2D eigenvalue weighted by atomic mass is 19.1. The second kappa shape index (κ2) is 9.36. The van der Waals surface area contributed by atoms with Crippen molar-refractivity contribution in [3.05, 3.63) is 76.4 Å². The third-order valence-corrected chi connectivity index (χ3v) is 4.13. The minimum Gasteiger partial charge on any atom is -0.212 e. The first-order valence-electron chi connectivity index (χ1n) is 8.84. The van der Waals surface area contributed by atoms with Crippen molar-refractivity contribution < 1.29 is 8.78 Å². The van der Waals surface area contributed by atoms with E-state index in [9.17, 15) is 8.78 Å². The van der Waals surface area contributed by atoms with Crippen LogP contribution in [0.2, 0.25) is 0 Å². The lowest BCUT2D eigenvalue weighted by Crippen LogP contribution is -1.96. The topological polar surface area (TPSA) is 0 Å². The molecule has 0 saturated carbocycles. The molecule has 0 radical (unpaired) electrons. The van der Waals surface area contributed by atoms with Crippen LogP contribution in [0.15, 0.2) is 48.3 Å². The van der Waals surface area contributed by atoms with Gasteiger partial charge in [-0.05, 0) is 66.5 Å². The summed E-state index contributed by atoms with van der Waals surface area (Å²) >= 11 is 0. The van der Waals surface area contributed by atoms with Gasteiger partial charge in [-0.2, -0.15) is 0 Å². The Morgan fingerprint density at radius 2 is 1.54 bits per heavy atom. The summed E-state index contributed by atoms with van der Waals surface area (Å²) in [6.45, 7) is 4.09. The second-order valence-electron chi connectivity index (χ2n) is 6.26. The van der Waals surface area contributed by atoms with Gasteiger partial charge in [0.1, 0.15) is 11.6 Å². The molecule has 2 aromatic carbocycles. The third kappa shape index (κ3) is 5.59. The first kappa shape index (κ1) is 18.4. The monoisotopic (exact) mass is 328 g/mol. The Labute approximate surface area is 144 Å². The molecule has 0 fully saturated rings. The molecule has 0 nitrogen and oxygen atoms in total. The maximum atomic E-state index is 14.2. The van der Waals surface area contributed by atoms with Crippen LogP contribution < -0.4 is 0 Å². The van der Waals surface area contributed by atoms with Gasteiger partial charge in [0.15, 0.2) is 0 Å². The Morgan fingerprint density at radius 1 is 0.875 bits per heavy atom. The number of allylic oxidation sites excluding steroid dienone is 1. The number of hydrogen-bond donors (Lipinski definition) is 0. The van der Waals surface area contributed by atoms with E-state index < -0.39 is 0 Å². The largest absolute Gasteiger partial charge is 0.212 e. The minimum absolute atomic E-state index is 0.197. The smallest absolute Gasteiger partial charge is 0.127 e. The molecule has 2 aromatic rings. The Morgan fingerprint density at radius 3 is 2.12 bits per heavy atom. The molecule has 0 amide bonds. The van der Waals surface area contributed by atoms with Crippen LogP contribution in [0.1, 0.15) is 55.4 Å². The van der Waals surface area contributed by atoms with E-state index in [-0.39, 0.29) is 11.6 Å². The lowest BCUT2D eigenvalue weighted by Gasteiger charge is -2.06. The predicted molar refractivity (Wildman–Crippen MR) is 98.2 cm³/mol. The number of benzene rings is 2. The number of halogens is 2. The minimum atomic E-state index is -0.254. The maximum Gasteiger partial charge on any atom is 0.127 e. The van der Waals surface area contributed by atoms with Crippen molar-refractivity contribution >= 4 is 6.08 Å². The van der Waals surface area contributed by atoms with Gasteiger partial charge in [-0.3, -0.25) is 0 Å². The quantitative estimate of drug-likeness (QED) is 0.507. The van der Waals surface area contributed by atoms with Crippen LogP contribution >= 0.6 is 0 Å². The van der Waals surface area contributed by atoms with Crippen LogP contribution in [0.4, 0.5) is 8.78 Å². The number of aryl methyl sites for hydroxylation is 3. The molecule has 0 aliphatic rings. The summed E-state index contributed by atoms with van der Waals surface area (Å²) in [4.78, 5) is 0. The Kier molecular flexibility index (Phi) is 7.17. The van der Waals surface area contributed by atoms with E-state index in [1.165, 1.54) is 23.3 Å². The molecule has 0 spiro atoms. The maximum absolute atomic E-state index is 14.2. The van der Waals surface area contributed by atoms with Gasteiger partial charge < -0.3 is 0 Å². The molecule has 0 aromatic heterocycles. The SMILES string of the molecule is CCC/C(F)=C\c1ccc(CCc2ccc(CCC)cc2)c(F)c1. The molecule has 0 saturated heterocycles. The molecule has 0 N–H and O–H groups in total. The first-order chi connectivity index (χ1) is 11.6. The zero-order valence-corrected chi connectivity index (χ0v) is 14.6. The van der Waals surface area contributed by atoms with Crippen LogP contribution in [-0.4, -0.2) is 0 Å². The normalized spacial score (nSPS) is 11.8. The second-order valence-corrected chi connectivity index (χ2v) is 6.26. The van der Waals surface area contributed by atoms with E-state index in [2.05, 4.69) is 31.2 Å². The average molecular weight is 328 g/mol. The number of hydrogen-bond acceptors (Lipinski definition) is 0. The van der Waals surface area contributed by atoms with Crippen LogP contribution in [0, 0.1) is 5.82 Å². The molecule has 0 bridgehead atoms. The van der Waals surface area contributed by atoms with E-state index in [1.54, 1.807) is 12.1 Å². The molecular formula is C22H26F2. The fourth-order valence-electron chi connectivity index (χ4n) is 2.79. The van der Waals surface area contributed by atoms with Crippen molar-refractivity contribution in [2.45, 2.75) is 52.4 Å². The standard InChI is InChI=1S/C22H26F2/c1-3-5-17-7-9-18(10-8-17)11-13-20-14-12-19(16-22(20)24)15-21(23)6-4-2/h7-10,12,14-16H,3-6,11,13H2,1-2H3/b21-15+. The molecule has 24 heavy (non-hydrogen) atoms. The highest BCUT2D eigenvalue weighted by Gasteiger charge is 2.05. The molecule has 0 heterocycles. The van der Waals surface area contributed by atoms with Gasteiger partial charge in [-0.1, -0.05) is 56.7 Å². The van der Waals surface area contributed by atoms with Crippen molar-refractivity contribution in [1.29, 1.82) is 0 Å². The highest BCUT2D eigenvalue weighted by molar-refractivity contribution is 5.52. The highest BCUT2D eigenvalue weighted by Crippen LogP contribution is 2.18. The Hall–Kier alpha value is -1.96. The summed E-state index contributed by atoms with van der Waals surface area (Å²) in [5, 5.41) is 0. The summed E-state index contributed by atoms with van der Waals surface area (Å²) in [5.41, 5.74) is 3.83. The van der Waals surface area contributed by atoms with E-state index in [4.69, 9.17) is 0 Å². The molecular weight excluding hydrogens is 302 g/mol. The zero-order valence-electron chi connectivity index (χ0n) is 14.6. The summed E-state index contributed by atoms with van der Waals surface area (Å²) in [5.74, 6) is -0.451. The van der Waals surface area contributed by atoms with Gasteiger partial charge in [0.25, 0.3) is 0 Å². The molecule has 128 valence electrons. The summed E-state index contributed by atoms with van der Waals surface area (Å²) in [6, 6.07) is 13.5. The van der Waals surface area contributed by atoms with Crippen molar-refractivity contribution in [3.8, 4) is 0 Å². The van der Waals surface area contributed by atoms with Crippen molar-refractivity contribution in [1.82, 2.24) is 0 Å². The summed E-state index contributed by atoms with van der Waals surface area (Å²) < 4.78 is 27.7. The van der Waals surface area contributed by atoms with Crippen LogP contribution in [0.5, 0.6) is 0 Å². The van der Waals surface area contributed by atoms with E-state index >= 15 is 0 Å². The lowest BCUT2D eigenvalue weighted by molar-refractivity contribution is 0.590. The van der Waals surface area contributed by atoms with Crippen LogP contribution in [0.3, 0.4) is 0 Å². The van der Waals surface area contributed by atoms with Gasteiger partial charge >= 0.3 is 0 Å². The Balaban J connectivity index is 1.98. The third-order valence-electron chi connectivity index (χ3n) is 4.13. The number of rotatable bonds is 8. The molecule has 2 rings (SSSR count).